The molecular formula is C8H12O2. The van der Waals surface area contributed by atoms with Gasteiger partial charge in [0.2, 0.25) is 0 Å². The summed E-state index contributed by atoms with van der Waals surface area (Å²) in [5, 5.41) is 0. The lowest BCUT2D eigenvalue weighted by molar-refractivity contribution is -0.116. The van der Waals surface area contributed by atoms with Crippen molar-refractivity contribution in [3.05, 3.63) is 25.0 Å². The van der Waals surface area contributed by atoms with E-state index in [-0.39, 0.29) is 5.78 Å². The Kier molecular flexibility index (Phi) is 5.44. The van der Waals surface area contributed by atoms with Gasteiger partial charge in [-0.15, -0.1) is 0 Å². The molecule has 10 heavy (non-hydrogen) atoms. The average Bonchev–Trinajstić information content (AvgIpc) is 1.87. The molecule has 0 saturated carbocycles. The first-order valence-corrected chi connectivity index (χ1v) is 3.14. The average molecular weight is 140 g/mol. The molecule has 0 aromatic carbocycles. The van der Waals surface area contributed by atoms with E-state index in [9.17, 15) is 4.79 Å². The van der Waals surface area contributed by atoms with E-state index in [2.05, 4.69) is 6.58 Å². The van der Waals surface area contributed by atoms with Gasteiger partial charge in [-0.3, -0.25) is 4.79 Å². The Morgan fingerprint density at radius 1 is 1.70 bits per heavy atom. The third-order valence-corrected chi connectivity index (χ3v) is 0.812. The van der Waals surface area contributed by atoms with Crippen LogP contribution in [0.25, 0.3) is 0 Å². The summed E-state index contributed by atoms with van der Waals surface area (Å²) in [5.41, 5.74) is 0. The van der Waals surface area contributed by atoms with E-state index < -0.39 is 0 Å². The zero-order valence-corrected chi connectivity index (χ0v) is 6.17. The van der Waals surface area contributed by atoms with Gasteiger partial charge in [0.15, 0.2) is 0 Å². The van der Waals surface area contributed by atoms with E-state index in [1.165, 1.54) is 13.2 Å². The molecule has 0 amide bonds. The lowest BCUT2D eigenvalue weighted by Crippen LogP contribution is -1.85. The maximum atomic E-state index is 10.3. The number of ether oxygens (including phenoxy) is 1. The molecule has 0 aliphatic heterocycles. The Morgan fingerprint density at radius 2 is 2.40 bits per heavy atom. The molecule has 2 heteroatoms. The summed E-state index contributed by atoms with van der Waals surface area (Å²) in [6.07, 6.45) is 5.30. The van der Waals surface area contributed by atoms with Crippen molar-refractivity contribution in [2.45, 2.75) is 13.3 Å². The molecule has 0 unspecified atom stereocenters. The number of allylic oxidation sites excluding steroid dienone is 1. The molecule has 0 aliphatic rings. The van der Waals surface area contributed by atoms with Crippen LogP contribution in [0.3, 0.4) is 0 Å². The Hall–Kier alpha value is -1.05. The van der Waals surface area contributed by atoms with E-state index in [0.717, 1.165) is 0 Å². The highest BCUT2D eigenvalue weighted by molar-refractivity contribution is 5.76. The summed E-state index contributed by atoms with van der Waals surface area (Å²) in [4.78, 5) is 10.3. The largest absolute Gasteiger partial charge is 0.497 e. The Labute approximate surface area is 61.2 Å². The van der Waals surface area contributed by atoms with Crippen LogP contribution in [0.15, 0.2) is 25.0 Å². The molecule has 0 radical (unpaired) electrons. The van der Waals surface area contributed by atoms with Crippen LogP contribution in [0.4, 0.5) is 0 Å². The maximum Gasteiger partial charge on any atom is 0.133 e. The van der Waals surface area contributed by atoms with Gasteiger partial charge >= 0.3 is 0 Å². The first-order valence-electron chi connectivity index (χ1n) is 3.14. The lowest BCUT2D eigenvalue weighted by Gasteiger charge is -1.91. The molecule has 0 aliphatic carbocycles. The fourth-order valence-electron chi connectivity index (χ4n) is 0.406. The fourth-order valence-corrected chi connectivity index (χ4v) is 0.406. The number of ketones is 1. The van der Waals surface area contributed by atoms with Crippen molar-refractivity contribution in [2.24, 2.45) is 0 Å². The van der Waals surface area contributed by atoms with Crippen molar-refractivity contribution in [2.75, 3.05) is 6.61 Å². The van der Waals surface area contributed by atoms with E-state index in [4.69, 9.17) is 4.74 Å². The van der Waals surface area contributed by atoms with Crippen LogP contribution in [0.5, 0.6) is 0 Å². The standard InChI is InChI=1S/C8H12O2/c1-3-6-10-7-4-5-8(2)9/h3-4,7H,1,5-6H2,2H3/b7-4-. The molecule has 0 N–H and O–H groups in total. The van der Waals surface area contributed by atoms with Crippen molar-refractivity contribution in [1.29, 1.82) is 0 Å². The molecule has 0 spiro atoms. The first kappa shape index (κ1) is 8.95. The maximum absolute atomic E-state index is 10.3. The minimum Gasteiger partial charge on any atom is -0.497 e. The summed E-state index contributed by atoms with van der Waals surface area (Å²) >= 11 is 0. The predicted molar refractivity (Wildman–Crippen MR) is 40.6 cm³/mol. The van der Waals surface area contributed by atoms with Crippen molar-refractivity contribution in [3.63, 3.8) is 0 Å². The van der Waals surface area contributed by atoms with Crippen LogP contribution in [0.2, 0.25) is 0 Å². The van der Waals surface area contributed by atoms with Gasteiger partial charge in [-0.05, 0) is 13.0 Å². The van der Waals surface area contributed by atoms with E-state index in [1.54, 1.807) is 12.2 Å². The second-order valence-electron chi connectivity index (χ2n) is 1.90. The van der Waals surface area contributed by atoms with Gasteiger partial charge in [0.1, 0.15) is 12.4 Å². The number of hydrogen-bond donors (Lipinski definition) is 0. The van der Waals surface area contributed by atoms with E-state index in [1.807, 2.05) is 0 Å². The highest BCUT2D eigenvalue weighted by atomic mass is 16.5. The van der Waals surface area contributed by atoms with E-state index in [0.29, 0.717) is 13.0 Å². The molecule has 0 aromatic heterocycles. The number of carbonyl (C=O) groups excluding carboxylic acids is 1. The normalized spacial score (nSPS) is 9.70. The molecule has 0 aromatic rings. The summed E-state index contributed by atoms with van der Waals surface area (Å²) < 4.78 is 4.88. The Morgan fingerprint density at radius 3 is 2.90 bits per heavy atom. The molecular weight excluding hydrogens is 128 g/mol. The quantitative estimate of drug-likeness (QED) is 0.330. The minimum atomic E-state index is 0.137. The molecule has 0 heterocycles. The van der Waals surface area contributed by atoms with Gasteiger partial charge in [0.05, 0.1) is 6.26 Å². The van der Waals surface area contributed by atoms with Crippen LogP contribution in [0.1, 0.15) is 13.3 Å². The smallest absolute Gasteiger partial charge is 0.133 e. The second-order valence-corrected chi connectivity index (χ2v) is 1.90. The van der Waals surface area contributed by atoms with Crippen molar-refractivity contribution in [3.8, 4) is 0 Å². The second kappa shape index (κ2) is 6.08. The van der Waals surface area contributed by atoms with Crippen molar-refractivity contribution >= 4 is 5.78 Å². The monoisotopic (exact) mass is 140 g/mol. The van der Waals surface area contributed by atoms with Gasteiger partial charge in [-0.25, -0.2) is 0 Å². The van der Waals surface area contributed by atoms with Crippen LogP contribution in [0, 0.1) is 0 Å². The van der Waals surface area contributed by atoms with Gasteiger partial charge in [-0.2, -0.15) is 0 Å². The third-order valence-electron chi connectivity index (χ3n) is 0.812. The Balaban J connectivity index is 3.20. The lowest BCUT2D eigenvalue weighted by atomic mass is 10.3. The highest BCUT2D eigenvalue weighted by Crippen LogP contribution is 1.85. The zero-order chi connectivity index (χ0) is 7.82. The van der Waals surface area contributed by atoms with Crippen LogP contribution in [-0.2, 0) is 9.53 Å². The van der Waals surface area contributed by atoms with E-state index >= 15 is 0 Å². The number of Topliss-reactive ketones (excluding diaryl/α,β-unsaturated/α-hetero) is 1. The van der Waals surface area contributed by atoms with Crippen LogP contribution >= 0.6 is 0 Å². The number of hydrogen-bond acceptors (Lipinski definition) is 2. The van der Waals surface area contributed by atoms with Crippen molar-refractivity contribution < 1.29 is 9.53 Å². The zero-order valence-electron chi connectivity index (χ0n) is 6.17. The predicted octanol–water partition coefficient (Wildman–Crippen LogP) is 1.68. The Bertz CT molecular complexity index is 136. The van der Waals surface area contributed by atoms with Crippen LogP contribution < -0.4 is 0 Å². The van der Waals surface area contributed by atoms with Gasteiger partial charge in [0, 0.05) is 6.42 Å². The molecule has 0 rings (SSSR count). The summed E-state index contributed by atoms with van der Waals surface area (Å²) in [6, 6.07) is 0. The van der Waals surface area contributed by atoms with Crippen molar-refractivity contribution in [1.82, 2.24) is 0 Å². The number of rotatable bonds is 5. The summed E-state index contributed by atoms with van der Waals surface area (Å²) in [6.45, 7) is 5.50. The third kappa shape index (κ3) is 6.95. The molecule has 56 valence electrons. The first-order chi connectivity index (χ1) is 4.77. The van der Waals surface area contributed by atoms with Crippen LogP contribution in [-0.4, -0.2) is 12.4 Å². The molecule has 0 fully saturated rings. The SMILES string of the molecule is C=CCO/C=C\CC(C)=O. The summed E-state index contributed by atoms with van der Waals surface area (Å²) in [7, 11) is 0. The summed E-state index contributed by atoms with van der Waals surface area (Å²) in [5.74, 6) is 0.137. The molecule has 2 nitrogen and oxygen atoms in total. The fraction of sp³-hybridized carbons (Fsp3) is 0.375. The topological polar surface area (TPSA) is 26.3 Å². The minimum absolute atomic E-state index is 0.137. The molecule has 0 saturated heterocycles. The van der Waals surface area contributed by atoms with Gasteiger partial charge < -0.3 is 4.74 Å². The molecule has 0 bridgehead atoms. The van der Waals surface area contributed by atoms with Gasteiger partial charge in [0.25, 0.3) is 0 Å². The number of carbonyl (C=O) groups is 1. The van der Waals surface area contributed by atoms with Gasteiger partial charge in [-0.1, -0.05) is 12.7 Å². The molecule has 0 atom stereocenters. The highest BCUT2D eigenvalue weighted by Gasteiger charge is 1.84.